The van der Waals surface area contributed by atoms with Crippen LogP contribution in [0.25, 0.3) is 5.57 Å². The summed E-state index contributed by atoms with van der Waals surface area (Å²) >= 11 is 5.93. The predicted molar refractivity (Wildman–Crippen MR) is 165 cm³/mol. The van der Waals surface area contributed by atoms with E-state index in [2.05, 4.69) is 31.4 Å². The Morgan fingerprint density at radius 3 is 2.44 bits per heavy atom. The van der Waals surface area contributed by atoms with Gasteiger partial charge >= 0.3 is 0 Å². The number of nitrogens with zero attached hydrogens (tertiary/aromatic N) is 3. The van der Waals surface area contributed by atoms with E-state index in [0.717, 1.165) is 28.8 Å². The number of fused-ring (bicyclic) bond motifs is 1. The molecule has 0 radical (unpaired) electrons. The van der Waals surface area contributed by atoms with Crippen LogP contribution in [0.2, 0.25) is 5.02 Å². The second-order valence-corrected chi connectivity index (χ2v) is 11.6. The van der Waals surface area contributed by atoms with Crippen LogP contribution < -0.4 is 15.4 Å². The van der Waals surface area contributed by atoms with Gasteiger partial charge in [0.1, 0.15) is 5.75 Å². The van der Waals surface area contributed by atoms with Crippen LogP contribution in [-0.2, 0) is 11.2 Å². The predicted octanol–water partition coefficient (Wildman–Crippen LogP) is 5.39. The zero-order chi connectivity index (χ0) is 29.1. The van der Waals surface area contributed by atoms with E-state index in [1.165, 1.54) is 0 Å². The second kappa shape index (κ2) is 12.4. The third-order valence-electron chi connectivity index (χ3n) is 7.76. The Morgan fingerprint density at radius 1 is 1.02 bits per heavy atom. The normalized spacial score (nSPS) is 17.6. The van der Waals surface area contributed by atoms with Crippen molar-refractivity contribution in [1.29, 1.82) is 0 Å². The van der Waals surface area contributed by atoms with Crippen LogP contribution in [0.1, 0.15) is 35.3 Å². The molecule has 2 aliphatic rings. The fraction of sp³-hybridized carbons (Fsp3) is 0.333. The Kier molecular flexibility index (Phi) is 8.66. The quantitative estimate of drug-likeness (QED) is 0.366. The van der Waals surface area contributed by atoms with E-state index in [1.54, 1.807) is 30.3 Å². The standard InChI is InChI=1S/C33H37ClN4O3/c1-22(2)18-24-6-4-5-7-30(24)38-31(23(3)28-13-10-26(35)19-29(28)33(38)40)20-36-14-16-37(17-15-36)32(39)21-41-27-11-8-25(34)9-12-27/h4-13,19,22,31H,3,14-18,20-21,35H2,1-2H3. The zero-order valence-electron chi connectivity index (χ0n) is 23.7. The molecule has 1 atom stereocenters. The lowest BCUT2D eigenvalue weighted by Crippen LogP contribution is -2.55. The molecule has 214 valence electrons. The fourth-order valence-electron chi connectivity index (χ4n) is 5.64. The van der Waals surface area contributed by atoms with Crippen molar-refractivity contribution in [3.63, 3.8) is 0 Å². The Hall–Kier alpha value is -3.81. The van der Waals surface area contributed by atoms with E-state index < -0.39 is 0 Å². The number of carbonyl (C=O) groups is 2. The highest BCUT2D eigenvalue weighted by Crippen LogP contribution is 2.38. The number of benzene rings is 3. The first-order valence-electron chi connectivity index (χ1n) is 14.1. The van der Waals surface area contributed by atoms with E-state index >= 15 is 0 Å². The highest BCUT2D eigenvalue weighted by molar-refractivity contribution is 6.30. The Bertz CT molecular complexity index is 1430. The molecule has 1 unspecified atom stereocenters. The SMILES string of the molecule is C=C1c2ccc(N)cc2C(=O)N(c2ccccc2CC(C)C)C1CN1CCN(C(=O)COc2ccc(Cl)cc2)CC1. The fourth-order valence-corrected chi connectivity index (χ4v) is 5.77. The maximum Gasteiger partial charge on any atom is 0.260 e. The molecule has 0 saturated carbocycles. The summed E-state index contributed by atoms with van der Waals surface area (Å²) in [6.45, 7) is 12.0. The number of nitrogens with two attached hydrogens (primary N) is 1. The topological polar surface area (TPSA) is 79.1 Å². The van der Waals surface area contributed by atoms with Gasteiger partial charge in [-0.05, 0) is 71.5 Å². The first-order valence-corrected chi connectivity index (χ1v) is 14.5. The summed E-state index contributed by atoms with van der Waals surface area (Å²) in [6, 6.07) is 20.4. The van der Waals surface area contributed by atoms with Crippen LogP contribution in [-0.4, -0.2) is 67.0 Å². The molecule has 41 heavy (non-hydrogen) atoms. The minimum atomic E-state index is -0.248. The first-order chi connectivity index (χ1) is 19.7. The Balaban J connectivity index is 1.32. The molecule has 3 aromatic rings. The van der Waals surface area contributed by atoms with E-state index in [4.69, 9.17) is 22.1 Å². The molecule has 2 heterocycles. The van der Waals surface area contributed by atoms with Crippen LogP contribution in [0.4, 0.5) is 11.4 Å². The molecular formula is C33H37ClN4O3. The van der Waals surface area contributed by atoms with Crippen LogP contribution in [0.15, 0.2) is 73.3 Å². The van der Waals surface area contributed by atoms with Crippen LogP contribution in [0.5, 0.6) is 5.75 Å². The van der Waals surface area contributed by atoms with Crippen molar-refractivity contribution in [3.8, 4) is 5.75 Å². The lowest BCUT2D eigenvalue weighted by Gasteiger charge is -2.43. The number of amides is 2. The van der Waals surface area contributed by atoms with E-state index in [0.29, 0.717) is 60.7 Å². The van der Waals surface area contributed by atoms with Gasteiger partial charge in [-0.15, -0.1) is 0 Å². The Labute approximate surface area is 247 Å². The smallest absolute Gasteiger partial charge is 0.260 e. The van der Waals surface area contributed by atoms with Gasteiger partial charge in [0, 0.05) is 54.7 Å². The molecular weight excluding hydrogens is 536 g/mol. The summed E-state index contributed by atoms with van der Waals surface area (Å²) in [4.78, 5) is 33.0. The van der Waals surface area contributed by atoms with Gasteiger partial charge in [-0.25, -0.2) is 0 Å². The van der Waals surface area contributed by atoms with E-state index in [1.807, 2.05) is 40.1 Å². The van der Waals surface area contributed by atoms with Crippen molar-refractivity contribution in [2.75, 3.05) is 50.0 Å². The average molecular weight is 573 g/mol. The minimum Gasteiger partial charge on any atom is -0.484 e. The molecule has 1 saturated heterocycles. The summed E-state index contributed by atoms with van der Waals surface area (Å²) in [5.74, 6) is 0.943. The van der Waals surface area contributed by atoms with Crippen molar-refractivity contribution < 1.29 is 14.3 Å². The van der Waals surface area contributed by atoms with Crippen LogP contribution >= 0.6 is 11.6 Å². The minimum absolute atomic E-state index is 0.0180. The van der Waals surface area contributed by atoms with Crippen molar-refractivity contribution in [3.05, 3.63) is 95.0 Å². The summed E-state index contributed by atoms with van der Waals surface area (Å²) in [5, 5.41) is 0.622. The van der Waals surface area contributed by atoms with Gasteiger partial charge in [-0.2, -0.15) is 0 Å². The molecule has 8 heteroatoms. The lowest BCUT2D eigenvalue weighted by molar-refractivity contribution is -0.135. The van der Waals surface area contributed by atoms with Crippen molar-refractivity contribution in [2.45, 2.75) is 26.3 Å². The first kappa shape index (κ1) is 28.7. The highest BCUT2D eigenvalue weighted by Gasteiger charge is 2.38. The number of para-hydroxylation sites is 1. The Morgan fingerprint density at radius 2 is 1.73 bits per heavy atom. The van der Waals surface area contributed by atoms with Gasteiger partial charge in [-0.3, -0.25) is 19.4 Å². The van der Waals surface area contributed by atoms with Gasteiger partial charge in [0.25, 0.3) is 11.8 Å². The van der Waals surface area contributed by atoms with E-state index in [-0.39, 0.29) is 24.5 Å². The van der Waals surface area contributed by atoms with Crippen molar-refractivity contribution in [2.24, 2.45) is 5.92 Å². The monoisotopic (exact) mass is 572 g/mol. The maximum absolute atomic E-state index is 14.1. The van der Waals surface area contributed by atoms with Gasteiger partial charge in [0.2, 0.25) is 0 Å². The summed E-state index contributed by atoms with van der Waals surface area (Å²) in [5.41, 5.74) is 11.0. The van der Waals surface area contributed by atoms with Gasteiger partial charge in [0.15, 0.2) is 6.61 Å². The number of piperazine rings is 1. The molecule has 0 bridgehead atoms. The third kappa shape index (κ3) is 6.42. The molecule has 7 nitrogen and oxygen atoms in total. The molecule has 0 aromatic heterocycles. The highest BCUT2D eigenvalue weighted by atomic mass is 35.5. The molecule has 2 amide bonds. The molecule has 0 aliphatic carbocycles. The van der Waals surface area contributed by atoms with Crippen molar-refractivity contribution >= 4 is 40.4 Å². The zero-order valence-corrected chi connectivity index (χ0v) is 24.4. The van der Waals surface area contributed by atoms with E-state index in [9.17, 15) is 9.59 Å². The van der Waals surface area contributed by atoms with Crippen LogP contribution in [0.3, 0.4) is 0 Å². The van der Waals surface area contributed by atoms with Gasteiger partial charge < -0.3 is 15.4 Å². The van der Waals surface area contributed by atoms with Gasteiger partial charge in [-0.1, -0.05) is 56.3 Å². The summed E-state index contributed by atoms with van der Waals surface area (Å²) in [6.07, 6.45) is 0.863. The molecule has 1 fully saturated rings. The summed E-state index contributed by atoms with van der Waals surface area (Å²) < 4.78 is 5.67. The molecule has 5 rings (SSSR count). The average Bonchev–Trinajstić information content (AvgIpc) is 2.96. The van der Waals surface area contributed by atoms with Crippen LogP contribution in [0, 0.1) is 5.92 Å². The largest absolute Gasteiger partial charge is 0.484 e. The van der Waals surface area contributed by atoms with Crippen molar-refractivity contribution in [1.82, 2.24) is 9.80 Å². The lowest BCUT2D eigenvalue weighted by atomic mass is 9.87. The van der Waals surface area contributed by atoms with Gasteiger partial charge in [0.05, 0.1) is 6.04 Å². The number of hydrogen-bond acceptors (Lipinski definition) is 5. The second-order valence-electron chi connectivity index (χ2n) is 11.2. The maximum atomic E-state index is 14.1. The number of ether oxygens (including phenoxy) is 1. The molecule has 3 aromatic carbocycles. The number of nitrogen functional groups attached to an aromatic ring is 1. The number of rotatable bonds is 8. The third-order valence-corrected chi connectivity index (χ3v) is 8.02. The number of hydrogen-bond donors (Lipinski definition) is 1. The molecule has 0 spiro atoms. The molecule has 2 N–H and O–H groups in total. The number of carbonyl (C=O) groups excluding carboxylic acids is 2. The molecule has 2 aliphatic heterocycles. The summed E-state index contributed by atoms with van der Waals surface area (Å²) in [7, 11) is 0. The number of anilines is 2. The number of halogens is 1.